The molecule has 13 nitrogen and oxygen atoms in total. The van der Waals surface area contributed by atoms with Crippen LogP contribution in [0.25, 0.3) is 11.0 Å². The highest BCUT2D eigenvalue weighted by atomic mass is 35.5. The maximum Gasteiger partial charge on any atom is 0.405 e. The Kier molecular flexibility index (Phi) is 11.0. The lowest BCUT2D eigenvalue weighted by Crippen LogP contribution is -2.53. The van der Waals surface area contributed by atoms with E-state index in [1.54, 1.807) is 11.8 Å². The van der Waals surface area contributed by atoms with Crippen LogP contribution in [-0.2, 0) is 27.9 Å². The smallest absolute Gasteiger partial charge is 0.405 e. The third-order valence-electron chi connectivity index (χ3n) is 10.5. The van der Waals surface area contributed by atoms with Crippen LogP contribution in [0.4, 0.5) is 28.9 Å². The molecule has 0 saturated carbocycles. The molecule has 0 unspecified atom stereocenters. The molecule has 1 N–H and O–H groups in total. The zero-order chi connectivity index (χ0) is 39.4. The van der Waals surface area contributed by atoms with E-state index in [-0.39, 0.29) is 47.5 Å². The molecule has 3 aliphatic rings. The molecule has 0 spiro atoms. The summed E-state index contributed by atoms with van der Waals surface area (Å²) in [5.41, 5.74) is 0.988. The normalized spacial score (nSPS) is 20.0. The van der Waals surface area contributed by atoms with Gasteiger partial charge in [0.1, 0.15) is 17.4 Å². The number of likely N-dealkylation sites (N-methyl/N-ethyl adjacent to an activating group) is 1. The number of amides is 2. The Morgan fingerprint density at radius 1 is 1.09 bits per heavy atom. The van der Waals surface area contributed by atoms with Crippen molar-refractivity contribution in [1.29, 1.82) is 0 Å². The summed E-state index contributed by atoms with van der Waals surface area (Å²) in [5.74, 6) is -3.37. The highest BCUT2D eigenvalue weighted by molar-refractivity contribution is 7.87. The monoisotopic (exact) mass is 800 g/mol. The predicted molar refractivity (Wildman–Crippen MR) is 194 cm³/mol. The molecule has 294 valence electrons. The van der Waals surface area contributed by atoms with Gasteiger partial charge in [-0.05, 0) is 57.0 Å². The van der Waals surface area contributed by atoms with E-state index in [2.05, 4.69) is 9.80 Å². The summed E-state index contributed by atoms with van der Waals surface area (Å²) < 4.78 is 95.0. The number of piperazine rings is 1. The van der Waals surface area contributed by atoms with Crippen LogP contribution >= 0.6 is 11.6 Å². The van der Waals surface area contributed by atoms with Gasteiger partial charge in [0.05, 0.1) is 46.6 Å². The van der Waals surface area contributed by atoms with Gasteiger partial charge in [-0.1, -0.05) is 11.6 Å². The number of ether oxygens (including phenoxy) is 1. The number of fused-ring (bicyclic) bond motifs is 3. The van der Waals surface area contributed by atoms with E-state index >= 15 is 4.39 Å². The maximum atomic E-state index is 15.7. The van der Waals surface area contributed by atoms with Crippen molar-refractivity contribution in [2.45, 2.75) is 51.0 Å². The van der Waals surface area contributed by atoms with E-state index < -0.39 is 69.8 Å². The molecular weight excluding hydrogens is 760 g/mol. The van der Waals surface area contributed by atoms with E-state index in [9.17, 15) is 36.0 Å². The zero-order valence-corrected chi connectivity index (χ0v) is 31.9. The van der Waals surface area contributed by atoms with Gasteiger partial charge in [0, 0.05) is 70.6 Å². The Bertz CT molecular complexity index is 2170. The Balaban J connectivity index is 1.26. The van der Waals surface area contributed by atoms with Gasteiger partial charge in [-0.25, -0.2) is 13.9 Å². The summed E-state index contributed by atoms with van der Waals surface area (Å²) in [4.78, 5) is 47.5. The number of methoxy groups -OCH3 is 1. The second-order valence-electron chi connectivity index (χ2n) is 14.1. The van der Waals surface area contributed by atoms with Crippen molar-refractivity contribution >= 4 is 56.0 Å². The van der Waals surface area contributed by atoms with Crippen LogP contribution in [0.15, 0.2) is 27.4 Å². The van der Waals surface area contributed by atoms with Gasteiger partial charge in [0.15, 0.2) is 0 Å². The number of benzene rings is 2. The van der Waals surface area contributed by atoms with Crippen molar-refractivity contribution in [3.63, 3.8) is 0 Å². The van der Waals surface area contributed by atoms with Gasteiger partial charge in [0.25, 0.3) is 11.8 Å². The predicted octanol–water partition coefficient (Wildman–Crippen LogP) is 3.93. The summed E-state index contributed by atoms with van der Waals surface area (Å²) in [5, 5.41) is 0.938. The summed E-state index contributed by atoms with van der Waals surface area (Å²) in [7, 11) is 1.64. The zero-order valence-electron chi connectivity index (χ0n) is 30.3. The van der Waals surface area contributed by atoms with Crippen molar-refractivity contribution in [2.24, 2.45) is 0 Å². The SMILES string of the molecule is COC[C@H]1CN(c2cc(Cl)c3c4c(c(=O)oc3c2C)CN(C(=O)c2cc(N(C)C)c(C(=O)NS(=O)(=O)N3CCC[C@@H]3C(F)(F)F)cc2F)CC4)CCN1C. The van der Waals surface area contributed by atoms with Crippen molar-refractivity contribution in [1.82, 2.24) is 18.8 Å². The van der Waals surface area contributed by atoms with Gasteiger partial charge in [-0.3, -0.25) is 14.5 Å². The number of hydrogen-bond donors (Lipinski definition) is 1. The lowest BCUT2D eigenvalue weighted by Gasteiger charge is -2.41. The number of carbonyl (C=O) groups is 2. The molecule has 6 rings (SSSR count). The number of anilines is 2. The second-order valence-corrected chi connectivity index (χ2v) is 16.1. The van der Waals surface area contributed by atoms with Gasteiger partial charge in [-0.2, -0.15) is 25.9 Å². The molecule has 2 atom stereocenters. The molecule has 2 fully saturated rings. The van der Waals surface area contributed by atoms with E-state index in [0.29, 0.717) is 40.8 Å². The molecule has 19 heteroatoms. The fraction of sp³-hybridized carbons (Fsp3) is 0.514. The summed E-state index contributed by atoms with van der Waals surface area (Å²) in [6, 6.07) is 1.42. The van der Waals surface area contributed by atoms with Crippen LogP contribution in [0.2, 0.25) is 5.02 Å². The largest absolute Gasteiger partial charge is 0.422 e. The number of alkyl halides is 3. The summed E-state index contributed by atoms with van der Waals surface area (Å²) >= 11 is 6.89. The van der Waals surface area contributed by atoms with E-state index in [4.69, 9.17) is 20.8 Å². The Morgan fingerprint density at radius 2 is 1.81 bits per heavy atom. The number of aryl methyl sites for hydroxylation is 1. The fourth-order valence-electron chi connectivity index (χ4n) is 7.58. The molecular formula is C35H41ClF4N6O7S. The average Bonchev–Trinajstić information content (AvgIpc) is 3.63. The first-order valence-electron chi connectivity index (χ1n) is 17.3. The highest BCUT2D eigenvalue weighted by Gasteiger charge is 2.50. The molecule has 3 aliphatic heterocycles. The number of hydrogen-bond acceptors (Lipinski definition) is 10. The van der Waals surface area contributed by atoms with Crippen LogP contribution < -0.4 is 20.1 Å². The lowest BCUT2D eigenvalue weighted by atomic mass is 9.94. The number of carbonyl (C=O) groups excluding carboxylic acids is 2. The molecule has 0 radical (unpaired) electrons. The molecule has 2 aromatic carbocycles. The number of nitrogens with one attached hydrogen (secondary N) is 1. The minimum Gasteiger partial charge on any atom is -0.422 e. The van der Waals surface area contributed by atoms with Crippen LogP contribution in [0.3, 0.4) is 0 Å². The Hall–Kier alpha value is -3.97. The van der Waals surface area contributed by atoms with Crippen LogP contribution in [0.5, 0.6) is 0 Å². The standard InChI is InChI=1S/C35H41ClF4N6O7S/c1-19-27(44-12-11-43(4)20(16-44)18-52-5)15-25(36)30-21-8-10-45(17-24(21)34(49)53-31(19)30)33(48)22-14-28(42(2)3)23(13-26(22)37)32(47)41-54(50,51)46-9-6-7-29(46)35(38,39)40/h13-15,20,29H,6-12,16-18H2,1-5H3,(H,41,47)/t20-,29-/m1/s1. The van der Waals surface area contributed by atoms with E-state index in [1.165, 1.54) is 23.9 Å². The molecule has 4 heterocycles. The molecule has 2 amide bonds. The van der Waals surface area contributed by atoms with Gasteiger partial charge in [0.2, 0.25) is 0 Å². The van der Waals surface area contributed by atoms with Crippen molar-refractivity contribution < 1.29 is 44.7 Å². The lowest BCUT2D eigenvalue weighted by molar-refractivity contribution is -0.165. The van der Waals surface area contributed by atoms with Crippen molar-refractivity contribution in [2.75, 3.05) is 77.4 Å². The number of halogens is 5. The highest BCUT2D eigenvalue weighted by Crippen LogP contribution is 2.39. The molecule has 0 aliphatic carbocycles. The molecule has 3 aromatic rings. The quantitative estimate of drug-likeness (QED) is 0.264. The first-order valence-corrected chi connectivity index (χ1v) is 19.1. The summed E-state index contributed by atoms with van der Waals surface area (Å²) in [6.07, 6.45) is -5.18. The Labute approximate surface area is 314 Å². The summed E-state index contributed by atoms with van der Waals surface area (Å²) in [6.45, 7) is 3.99. The maximum absolute atomic E-state index is 15.7. The molecule has 2 saturated heterocycles. The molecule has 54 heavy (non-hydrogen) atoms. The fourth-order valence-corrected chi connectivity index (χ4v) is 9.27. The molecule has 0 bridgehead atoms. The minimum absolute atomic E-state index is 0.0621. The second kappa shape index (κ2) is 14.9. The van der Waals surface area contributed by atoms with Gasteiger partial charge in [-0.15, -0.1) is 0 Å². The van der Waals surface area contributed by atoms with Crippen LogP contribution in [0.1, 0.15) is 50.2 Å². The number of rotatable bonds is 8. The molecule has 1 aromatic heterocycles. The van der Waals surface area contributed by atoms with Gasteiger partial charge >= 0.3 is 22.0 Å². The topological polar surface area (TPSA) is 136 Å². The van der Waals surface area contributed by atoms with Crippen molar-refractivity contribution in [3.8, 4) is 0 Å². The Morgan fingerprint density at radius 3 is 2.48 bits per heavy atom. The van der Waals surface area contributed by atoms with Gasteiger partial charge < -0.3 is 23.9 Å². The average molecular weight is 801 g/mol. The minimum atomic E-state index is -4.97. The third kappa shape index (κ3) is 7.37. The first kappa shape index (κ1) is 39.7. The first-order chi connectivity index (χ1) is 25.3. The number of nitrogens with zero attached hydrogens (tertiary/aromatic N) is 5. The van der Waals surface area contributed by atoms with Crippen LogP contribution in [-0.4, -0.2) is 120 Å². The third-order valence-corrected chi connectivity index (χ3v) is 12.3. The van der Waals surface area contributed by atoms with Crippen LogP contribution in [0, 0.1) is 12.7 Å². The van der Waals surface area contributed by atoms with E-state index in [0.717, 1.165) is 30.4 Å². The van der Waals surface area contributed by atoms with E-state index in [1.807, 2.05) is 20.0 Å². The van der Waals surface area contributed by atoms with Crippen molar-refractivity contribution in [3.05, 3.63) is 67.3 Å².